The molecule has 2 fully saturated rings. The van der Waals surface area contributed by atoms with Crippen LogP contribution in [0.5, 0.6) is 0 Å². The monoisotopic (exact) mass is 186 g/mol. The van der Waals surface area contributed by atoms with Gasteiger partial charge in [-0.05, 0) is 0 Å². The Bertz CT molecular complexity index is 282. The number of hydrogen-bond acceptors (Lipinski definition) is 3. The molecule has 4 N–H and O–H groups in total. The smallest absolute Gasteiger partial charge is 0.318 e. The first kappa shape index (κ1) is 7.58. The van der Waals surface area contributed by atoms with Gasteiger partial charge in [-0.3, -0.25) is 0 Å². The van der Waals surface area contributed by atoms with E-state index in [1.54, 1.807) is 0 Å². The number of nitro groups is 1. The molecule has 9 heteroatoms. The zero-order chi connectivity index (χ0) is 9.42. The molecule has 2 atom stereocenters. The summed E-state index contributed by atoms with van der Waals surface area (Å²) < 4.78 is 0. The van der Waals surface area contributed by atoms with Gasteiger partial charge < -0.3 is 21.3 Å². The molecule has 0 aliphatic carbocycles. The van der Waals surface area contributed by atoms with Gasteiger partial charge in [-0.2, -0.15) is 0 Å². The van der Waals surface area contributed by atoms with Crippen LogP contribution < -0.4 is 21.3 Å². The molecule has 13 heavy (non-hydrogen) atoms. The molecule has 2 amide bonds. The molecule has 2 saturated heterocycles. The Morgan fingerprint density at radius 1 is 1.23 bits per heavy atom. The van der Waals surface area contributed by atoms with Crippen LogP contribution in [0.3, 0.4) is 0 Å². The second-order valence-corrected chi connectivity index (χ2v) is 2.55. The Morgan fingerprint density at radius 2 is 1.77 bits per heavy atom. The highest BCUT2D eigenvalue weighted by Crippen LogP contribution is 2.01. The maximum Gasteiger partial charge on any atom is 0.318 e. The lowest BCUT2D eigenvalue weighted by Crippen LogP contribution is -2.39. The average Bonchev–Trinajstić information content (AvgIpc) is 2.41. The van der Waals surface area contributed by atoms with Crippen LogP contribution >= 0.6 is 0 Å². The van der Waals surface area contributed by atoms with E-state index in [9.17, 15) is 14.9 Å². The van der Waals surface area contributed by atoms with E-state index >= 15 is 0 Å². The number of hydrogen-bond donors (Lipinski definition) is 4. The normalized spacial score (nSPS) is 29.5. The average molecular weight is 186 g/mol. The van der Waals surface area contributed by atoms with Crippen molar-refractivity contribution in [1.82, 2.24) is 21.3 Å². The summed E-state index contributed by atoms with van der Waals surface area (Å²) in [7, 11) is 0. The summed E-state index contributed by atoms with van der Waals surface area (Å²) in [5.74, 6) is 0.0347. The van der Waals surface area contributed by atoms with E-state index in [0.29, 0.717) is 0 Å². The van der Waals surface area contributed by atoms with E-state index in [2.05, 4.69) is 26.4 Å². The molecule has 70 valence electrons. The molecule has 0 unspecified atom stereocenters. The van der Waals surface area contributed by atoms with E-state index in [-0.39, 0.29) is 24.3 Å². The third kappa shape index (κ3) is 1.30. The minimum absolute atomic E-state index is 0.0347. The number of hydrazone groups is 1. The molecular formula is C4H6N6O3. The van der Waals surface area contributed by atoms with E-state index in [0.717, 1.165) is 0 Å². The Labute approximate surface area is 71.7 Å². The quantitative estimate of drug-likeness (QED) is 0.271. The topological polar surface area (TPSA) is 121 Å². The van der Waals surface area contributed by atoms with Crippen molar-refractivity contribution in [3.63, 3.8) is 0 Å². The maximum atomic E-state index is 10.7. The van der Waals surface area contributed by atoms with Gasteiger partial charge in [0, 0.05) is 0 Å². The Morgan fingerprint density at radius 3 is 2.23 bits per heavy atom. The number of carbonyl (C=O) groups excluding carboxylic acids is 1. The number of amides is 2. The summed E-state index contributed by atoms with van der Waals surface area (Å²) in [6.45, 7) is 0. The molecular weight excluding hydrogens is 180 g/mol. The molecule has 0 bridgehead atoms. The molecule has 9 nitrogen and oxygen atoms in total. The second-order valence-electron chi connectivity index (χ2n) is 2.55. The summed E-state index contributed by atoms with van der Waals surface area (Å²) >= 11 is 0. The molecule has 2 heterocycles. The lowest BCUT2D eigenvalue weighted by Gasteiger charge is -2.03. The predicted octanol–water partition coefficient (Wildman–Crippen LogP) is -2.31. The Hall–Kier alpha value is -2.06. The van der Waals surface area contributed by atoms with Gasteiger partial charge in [0.2, 0.25) is 0 Å². The standard InChI is InChI=1S/C4H6N6O3/c11-4-7-1-2(8-4)6-3(5-1)9-10(12)13/h1-2H,(H2,5,6,9)(H2,7,8,11)/t1-,2-/m1/s1. The minimum atomic E-state index is -0.821. The van der Waals surface area contributed by atoms with Crippen molar-refractivity contribution in [2.45, 2.75) is 12.3 Å². The van der Waals surface area contributed by atoms with Crippen LogP contribution in [0.2, 0.25) is 0 Å². The number of urea groups is 1. The molecule has 0 aromatic carbocycles. The fourth-order valence-electron chi connectivity index (χ4n) is 1.21. The van der Waals surface area contributed by atoms with Crippen LogP contribution in [0.25, 0.3) is 0 Å². The molecule has 0 aromatic rings. The van der Waals surface area contributed by atoms with Gasteiger partial charge in [-0.1, -0.05) is 0 Å². The Balaban J connectivity index is 2.05. The van der Waals surface area contributed by atoms with Crippen molar-refractivity contribution < 1.29 is 9.83 Å². The predicted molar refractivity (Wildman–Crippen MR) is 39.9 cm³/mol. The minimum Gasteiger partial charge on any atom is -0.327 e. The number of nitrogens with one attached hydrogen (secondary N) is 4. The Kier molecular flexibility index (Phi) is 1.44. The lowest BCUT2D eigenvalue weighted by atomic mass is 10.4. The van der Waals surface area contributed by atoms with Crippen molar-refractivity contribution in [1.29, 1.82) is 0 Å². The molecule has 0 radical (unpaired) electrons. The molecule has 2 rings (SSSR count). The van der Waals surface area contributed by atoms with Crippen molar-refractivity contribution in [3.8, 4) is 0 Å². The third-order valence-electron chi connectivity index (χ3n) is 1.67. The summed E-state index contributed by atoms with van der Waals surface area (Å²) in [5, 5.41) is 22.4. The maximum absolute atomic E-state index is 10.7. The van der Waals surface area contributed by atoms with Crippen LogP contribution in [-0.2, 0) is 0 Å². The van der Waals surface area contributed by atoms with Crippen molar-refractivity contribution >= 4 is 12.0 Å². The summed E-state index contributed by atoms with van der Waals surface area (Å²) in [4.78, 5) is 20.7. The number of carbonyl (C=O) groups is 1. The highest BCUT2D eigenvalue weighted by atomic mass is 16.7. The zero-order valence-electron chi connectivity index (χ0n) is 6.27. The van der Waals surface area contributed by atoms with Crippen LogP contribution in [0.1, 0.15) is 0 Å². The van der Waals surface area contributed by atoms with Crippen LogP contribution in [0.4, 0.5) is 4.79 Å². The largest absolute Gasteiger partial charge is 0.327 e. The number of rotatable bonds is 1. The van der Waals surface area contributed by atoms with Crippen LogP contribution in [0.15, 0.2) is 5.10 Å². The lowest BCUT2D eigenvalue weighted by molar-refractivity contribution is -0.485. The second kappa shape index (κ2) is 2.47. The fourth-order valence-corrected chi connectivity index (χ4v) is 1.21. The van der Waals surface area contributed by atoms with Gasteiger partial charge in [-0.15, -0.1) is 0 Å². The van der Waals surface area contributed by atoms with E-state index in [1.807, 2.05) is 0 Å². The number of fused-ring (bicyclic) bond motifs is 1. The fraction of sp³-hybridized carbons (Fsp3) is 0.500. The van der Waals surface area contributed by atoms with Crippen molar-refractivity contribution in [3.05, 3.63) is 10.1 Å². The first-order valence-corrected chi connectivity index (χ1v) is 3.48. The number of nitrogens with zero attached hydrogens (tertiary/aromatic N) is 2. The highest BCUT2D eigenvalue weighted by Gasteiger charge is 2.39. The highest BCUT2D eigenvalue weighted by molar-refractivity contribution is 5.87. The van der Waals surface area contributed by atoms with E-state index in [1.165, 1.54) is 0 Å². The van der Waals surface area contributed by atoms with Crippen LogP contribution in [-0.4, -0.2) is 29.4 Å². The van der Waals surface area contributed by atoms with Crippen molar-refractivity contribution in [2.75, 3.05) is 0 Å². The van der Waals surface area contributed by atoms with Gasteiger partial charge >= 0.3 is 6.03 Å². The first-order valence-electron chi connectivity index (χ1n) is 3.48. The molecule has 2 aliphatic rings. The van der Waals surface area contributed by atoms with E-state index < -0.39 is 5.03 Å². The zero-order valence-corrected chi connectivity index (χ0v) is 6.27. The van der Waals surface area contributed by atoms with Gasteiger partial charge in [0.15, 0.2) is 5.03 Å². The van der Waals surface area contributed by atoms with E-state index in [4.69, 9.17) is 0 Å². The first-order chi connectivity index (χ1) is 6.15. The summed E-state index contributed by atoms with van der Waals surface area (Å²) in [5.41, 5.74) is 0. The molecule has 0 saturated carbocycles. The van der Waals surface area contributed by atoms with Gasteiger partial charge in [0.25, 0.3) is 5.96 Å². The summed E-state index contributed by atoms with van der Waals surface area (Å²) in [6, 6.07) is -0.324. The van der Waals surface area contributed by atoms with Crippen LogP contribution in [0, 0.1) is 10.1 Å². The number of guanidine groups is 1. The molecule has 0 spiro atoms. The van der Waals surface area contributed by atoms with Crippen molar-refractivity contribution in [2.24, 2.45) is 5.10 Å². The SMILES string of the molecule is O=C1N[C@H]2NC(=N[N+](=O)[O-])N[C@@H]2N1. The summed E-state index contributed by atoms with van der Waals surface area (Å²) in [6.07, 6.45) is -0.766. The molecule has 0 aromatic heterocycles. The van der Waals surface area contributed by atoms with Gasteiger partial charge in [0.1, 0.15) is 17.4 Å². The van der Waals surface area contributed by atoms with Gasteiger partial charge in [0.05, 0.1) is 0 Å². The molecule has 2 aliphatic heterocycles. The van der Waals surface area contributed by atoms with Gasteiger partial charge in [-0.25, -0.2) is 14.9 Å². The third-order valence-corrected chi connectivity index (χ3v) is 1.67.